The summed E-state index contributed by atoms with van der Waals surface area (Å²) in [6, 6.07) is 0. The highest BCUT2D eigenvalue weighted by Gasteiger charge is 2.17. The van der Waals surface area contributed by atoms with Crippen molar-refractivity contribution in [1.29, 1.82) is 0 Å². The third-order valence-electron chi connectivity index (χ3n) is 2.15. The monoisotopic (exact) mass is 298 g/mol. The minimum Gasteiger partial charge on any atom is -0.302 e. The third-order valence-corrected chi connectivity index (χ3v) is 2.73. The fourth-order valence-electron chi connectivity index (χ4n) is 1.41. The van der Waals surface area contributed by atoms with Crippen LogP contribution in [0.2, 0.25) is 0 Å². The molecule has 1 amide bonds. The van der Waals surface area contributed by atoms with Gasteiger partial charge in [-0.2, -0.15) is 5.10 Å². The Kier molecular flexibility index (Phi) is 3.23. The molecule has 90 valence electrons. The van der Waals surface area contributed by atoms with Gasteiger partial charge in [-0.05, 0) is 22.9 Å². The highest BCUT2D eigenvalue weighted by atomic mass is 79.9. The highest BCUT2D eigenvalue weighted by molar-refractivity contribution is 9.10. The Balaban J connectivity index is 2.22. The quantitative estimate of drug-likeness (QED) is 0.919. The van der Waals surface area contributed by atoms with E-state index in [0.29, 0.717) is 22.5 Å². The molecule has 0 saturated carbocycles. The minimum atomic E-state index is -0.267. The summed E-state index contributed by atoms with van der Waals surface area (Å²) in [4.78, 5) is 12.0. The SMILES string of the molecule is CCn1ncc(Br)c1C(=O)Nc1cn(C)nn1. The van der Waals surface area contributed by atoms with E-state index in [1.54, 1.807) is 24.1 Å². The number of hydrogen-bond acceptors (Lipinski definition) is 4. The van der Waals surface area contributed by atoms with Gasteiger partial charge in [0.05, 0.1) is 16.9 Å². The Morgan fingerprint density at radius 3 is 2.94 bits per heavy atom. The normalized spacial score (nSPS) is 10.5. The van der Waals surface area contributed by atoms with E-state index in [1.807, 2.05) is 6.92 Å². The fourth-order valence-corrected chi connectivity index (χ4v) is 1.88. The first-order valence-corrected chi connectivity index (χ1v) is 5.80. The molecule has 7 nitrogen and oxygen atoms in total. The molecule has 0 spiro atoms. The van der Waals surface area contributed by atoms with Crippen molar-refractivity contribution in [1.82, 2.24) is 24.8 Å². The van der Waals surface area contributed by atoms with Crippen molar-refractivity contribution >= 4 is 27.7 Å². The van der Waals surface area contributed by atoms with Crippen molar-refractivity contribution in [2.45, 2.75) is 13.5 Å². The summed E-state index contributed by atoms with van der Waals surface area (Å²) in [5, 5.41) is 14.2. The van der Waals surface area contributed by atoms with Gasteiger partial charge in [0.2, 0.25) is 0 Å². The average molecular weight is 299 g/mol. The molecule has 2 aromatic rings. The maximum absolute atomic E-state index is 12.0. The standard InChI is InChI=1S/C9H11BrN6O/c1-3-16-8(6(10)4-11-16)9(17)12-7-5-15(2)14-13-7/h4-5H,3H2,1-2H3,(H,12,17). The molecule has 0 aliphatic rings. The Morgan fingerprint density at radius 2 is 2.35 bits per heavy atom. The smallest absolute Gasteiger partial charge is 0.276 e. The molecular weight excluding hydrogens is 288 g/mol. The number of aryl methyl sites for hydroxylation is 2. The topological polar surface area (TPSA) is 77.6 Å². The molecule has 2 aromatic heterocycles. The van der Waals surface area contributed by atoms with Crippen LogP contribution in [0.5, 0.6) is 0 Å². The molecule has 0 bridgehead atoms. The predicted molar refractivity (Wildman–Crippen MR) is 64.6 cm³/mol. The number of carbonyl (C=O) groups is 1. The van der Waals surface area contributed by atoms with Gasteiger partial charge in [0.1, 0.15) is 5.69 Å². The van der Waals surface area contributed by atoms with E-state index in [1.165, 1.54) is 4.68 Å². The summed E-state index contributed by atoms with van der Waals surface area (Å²) >= 11 is 3.29. The molecular formula is C9H11BrN6O. The van der Waals surface area contributed by atoms with Crippen LogP contribution in [0.25, 0.3) is 0 Å². The van der Waals surface area contributed by atoms with E-state index in [0.717, 1.165) is 0 Å². The van der Waals surface area contributed by atoms with Crippen molar-refractivity contribution in [2.75, 3.05) is 5.32 Å². The van der Waals surface area contributed by atoms with E-state index in [9.17, 15) is 4.79 Å². The first-order valence-electron chi connectivity index (χ1n) is 5.00. The molecule has 17 heavy (non-hydrogen) atoms. The number of carbonyl (C=O) groups excluding carboxylic acids is 1. The summed E-state index contributed by atoms with van der Waals surface area (Å²) in [6.45, 7) is 2.54. The van der Waals surface area contributed by atoms with Crippen LogP contribution >= 0.6 is 15.9 Å². The second kappa shape index (κ2) is 4.66. The number of rotatable bonds is 3. The van der Waals surface area contributed by atoms with Gasteiger partial charge in [-0.25, -0.2) is 0 Å². The molecule has 0 atom stereocenters. The van der Waals surface area contributed by atoms with Crippen molar-refractivity contribution in [3.63, 3.8) is 0 Å². The number of anilines is 1. The van der Waals surface area contributed by atoms with Crippen LogP contribution in [0, 0.1) is 0 Å². The molecule has 8 heteroatoms. The van der Waals surface area contributed by atoms with Gasteiger partial charge in [0.15, 0.2) is 5.82 Å². The number of halogens is 1. The van der Waals surface area contributed by atoms with Crippen molar-refractivity contribution in [2.24, 2.45) is 7.05 Å². The van der Waals surface area contributed by atoms with E-state index in [2.05, 4.69) is 36.7 Å². The highest BCUT2D eigenvalue weighted by Crippen LogP contribution is 2.17. The van der Waals surface area contributed by atoms with Gasteiger partial charge in [-0.15, -0.1) is 5.10 Å². The molecule has 0 aliphatic heterocycles. The molecule has 0 aliphatic carbocycles. The molecule has 1 N–H and O–H groups in total. The molecule has 0 saturated heterocycles. The molecule has 2 rings (SSSR count). The maximum atomic E-state index is 12.0. The van der Waals surface area contributed by atoms with E-state index >= 15 is 0 Å². The predicted octanol–water partition coefficient (Wildman–Crippen LogP) is 1.05. The Labute approximate surface area is 106 Å². The Bertz CT molecular complexity index is 545. The number of nitrogens with zero attached hydrogens (tertiary/aromatic N) is 5. The molecule has 0 unspecified atom stereocenters. The van der Waals surface area contributed by atoms with E-state index < -0.39 is 0 Å². The van der Waals surface area contributed by atoms with Crippen LogP contribution in [0.1, 0.15) is 17.4 Å². The van der Waals surface area contributed by atoms with Crippen LogP contribution in [-0.4, -0.2) is 30.7 Å². The molecule has 0 radical (unpaired) electrons. The average Bonchev–Trinajstić information content (AvgIpc) is 2.84. The zero-order chi connectivity index (χ0) is 12.4. The van der Waals surface area contributed by atoms with Crippen LogP contribution < -0.4 is 5.32 Å². The second-order valence-corrected chi connectivity index (χ2v) is 4.24. The van der Waals surface area contributed by atoms with Crippen LogP contribution in [-0.2, 0) is 13.6 Å². The van der Waals surface area contributed by atoms with Gasteiger partial charge in [-0.3, -0.25) is 14.2 Å². The zero-order valence-corrected chi connectivity index (χ0v) is 11.0. The fraction of sp³-hybridized carbons (Fsp3) is 0.333. The lowest BCUT2D eigenvalue weighted by Gasteiger charge is -2.04. The number of hydrogen-bond donors (Lipinski definition) is 1. The van der Waals surface area contributed by atoms with E-state index in [4.69, 9.17) is 0 Å². The molecule has 0 fully saturated rings. The van der Waals surface area contributed by atoms with Crippen LogP contribution in [0.4, 0.5) is 5.82 Å². The van der Waals surface area contributed by atoms with Gasteiger partial charge in [0, 0.05) is 13.6 Å². The number of nitrogens with one attached hydrogen (secondary N) is 1. The summed E-state index contributed by atoms with van der Waals surface area (Å²) in [7, 11) is 1.73. The molecule has 2 heterocycles. The van der Waals surface area contributed by atoms with Gasteiger partial charge in [0.25, 0.3) is 5.91 Å². The number of amides is 1. The first kappa shape index (κ1) is 11.8. The number of aromatic nitrogens is 5. The summed E-state index contributed by atoms with van der Waals surface area (Å²) < 4.78 is 3.78. The summed E-state index contributed by atoms with van der Waals surface area (Å²) in [6.07, 6.45) is 3.22. The lowest BCUT2D eigenvalue weighted by molar-refractivity contribution is 0.101. The van der Waals surface area contributed by atoms with Gasteiger partial charge in [-0.1, -0.05) is 5.21 Å². The Hall–Kier alpha value is -1.70. The lowest BCUT2D eigenvalue weighted by Crippen LogP contribution is -2.18. The Morgan fingerprint density at radius 1 is 1.59 bits per heavy atom. The zero-order valence-electron chi connectivity index (χ0n) is 9.38. The summed E-state index contributed by atoms with van der Waals surface area (Å²) in [5.41, 5.74) is 0.471. The van der Waals surface area contributed by atoms with Crippen LogP contribution in [0.15, 0.2) is 16.9 Å². The van der Waals surface area contributed by atoms with Gasteiger partial charge < -0.3 is 5.32 Å². The molecule has 0 aromatic carbocycles. The lowest BCUT2D eigenvalue weighted by atomic mass is 10.4. The first-order chi connectivity index (χ1) is 8.11. The van der Waals surface area contributed by atoms with E-state index in [-0.39, 0.29) is 5.91 Å². The van der Waals surface area contributed by atoms with Gasteiger partial charge >= 0.3 is 0 Å². The third kappa shape index (κ3) is 2.36. The second-order valence-electron chi connectivity index (χ2n) is 3.39. The largest absolute Gasteiger partial charge is 0.302 e. The van der Waals surface area contributed by atoms with Crippen molar-refractivity contribution < 1.29 is 4.79 Å². The summed E-state index contributed by atoms with van der Waals surface area (Å²) in [5.74, 6) is 0.143. The van der Waals surface area contributed by atoms with Crippen molar-refractivity contribution in [3.05, 3.63) is 22.6 Å². The van der Waals surface area contributed by atoms with Crippen LogP contribution in [0.3, 0.4) is 0 Å². The maximum Gasteiger partial charge on any atom is 0.276 e. The minimum absolute atomic E-state index is 0.267. The van der Waals surface area contributed by atoms with Crippen molar-refractivity contribution in [3.8, 4) is 0 Å².